The van der Waals surface area contributed by atoms with Crippen molar-refractivity contribution < 1.29 is 14.7 Å². The number of aliphatic carboxylic acids is 1. The summed E-state index contributed by atoms with van der Waals surface area (Å²) in [7, 11) is 0. The molecule has 1 amide bonds. The molecule has 18 heavy (non-hydrogen) atoms. The number of carboxylic acids is 1. The molecular weight excluding hydrogens is 276 g/mol. The minimum atomic E-state index is -1.04. The molecular formula is C11H13ClN2O3S. The molecule has 0 bridgehead atoms. The van der Waals surface area contributed by atoms with Gasteiger partial charge in [-0.3, -0.25) is 4.79 Å². The van der Waals surface area contributed by atoms with Crippen molar-refractivity contribution in [2.75, 3.05) is 5.75 Å². The fourth-order valence-electron chi connectivity index (χ4n) is 1.21. The third kappa shape index (κ3) is 5.37. The number of carbonyl (C=O) groups excluding carboxylic acids is 1. The minimum Gasteiger partial charge on any atom is -0.480 e. The number of halogens is 1. The van der Waals surface area contributed by atoms with E-state index in [1.165, 1.54) is 18.7 Å². The first-order valence-electron chi connectivity index (χ1n) is 5.17. The SMILES string of the molecule is CC(=O)N[C@@H](CSCc1ccc(Cl)nc1)C(=O)O. The van der Waals surface area contributed by atoms with Crippen LogP contribution < -0.4 is 5.32 Å². The van der Waals surface area contributed by atoms with Crippen molar-refractivity contribution in [1.82, 2.24) is 10.3 Å². The quantitative estimate of drug-likeness (QED) is 0.777. The molecule has 1 atom stereocenters. The maximum atomic E-state index is 10.9. The summed E-state index contributed by atoms with van der Waals surface area (Å²) in [5.74, 6) is -0.464. The van der Waals surface area contributed by atoms with Gasteiger partial charge in [-0.05, 0) is 11.6 Å². The number of amides is 1. The van der Waals surface area contributed by atoms with Crippen molar-refractivity contribution in [2.45, 2.75) is 18.7 Å². The highest BCUT2D eigenvalue weighted by Gasteiger charge is 2.17. The number of aromatic nitrogens is 1. The molecule has 0 saturated heterocycles. The van der Waals surface area contributed by atoms with E-state index < -0.39 is 12.0 Å². The summed E-state index contributed by atoms with van der Waals surface area (Å²) in [6.45, 7) is 1.30. The van der Waals surface area contributed by atoms with Crippen LogP contribution in [-0.4, -0.2) is 33.8 Å². The van der Waals surface area contributed by atoms with Crippen LogP contribution in [0.5, 0.6) is 0 Å². The Morgan fingerprint density at radius 3 is 2.78 bits per heavy atom. The molecule has 1 aromatic rings. The van der Waals surface area contributed by atoms with Gasteiger partial charge in [-0.1, -0.05) is 17.7 Å². The first-order chi connectivity index (χ1) is 8.49. The number of hydrogen-bond acceptors (Lipinski definition) is 4. The molecule has 0 aliphatic rings. The number of nitrogens with one attached hydrogen (secondary N) is 1. The highest BCUT2D eigenvalue weighted by Crippen LogP contribution is 2.14. The molecule has 0 saturated carbocycles. The predicted molar refractivity (Wildman–Crippen MR) is 70.6 cm³/mol. The predicted octanol–water partition coefficient (Wildman–Crippen LogP) is 1.56. The number of pyridine rings is 1. The van der Waals surface area contributed by atoms with Crippen molar-refractivity contribution in [2.24, 2.45) is 0 Å². The molecule has 0 fully saturated rings. The topological polar surface area (TPSA) is 79.3 Å². The number of carboxylic acid groups (broad SMARTS) is 1. The van der Waals surface area contributed by atoms with Crippen molar-refractivity contribution >= 4 is 35.2 Å². The van der Waals surface area contributed by atoms with Crippen LogP contribution in [0.1, 0.15) is 12.5 Å². The Hall–Kier alpha value is -1.27. The van der Waals surface area contributed by atoms with Gasteiger partial charge >= 0.3 is 5.97 Å². The summed E-state index contributed by atoms with van der Waals surface area (Å²) in [6, 6.07) is 2.64. The third-order valence-electron chi connectivity index (χ3n) is 2.02. The van der Waals surface area contributed by atoms with Crippen molar-refractivity contribution in [3.8, 4) is 0 Å². The van der Waals surface area contributed by atoms with Crippen LogP contribution in [0.25, 0.3) is 0 Å². The molecule has 0 spiro atoms. The lowest BCUT2D eigenvalue weighted by Gasteiger charge is -2.12. The van der Waals surface area contributed by atoms with Crippen molar-refractivity contribution in [3.05, 3.63) is 29.0 Å². The number of hydrogen-bond donors (Lipinski definition) is 2. The molecule has 98 valence electrons. The Labute approximate surface area is 114 Å². The molecule has 0 aliphatic heterocycles. The zero-order valence-electron chi connectivity index (χ0n) is 9.72. The van der Waals surface area contributed by atoms with Crippen LogP contribution in [0.2, 0.25) is 5.15 Å². The van der Waals surface area contributed by atoms with E-state index in [0.717, 1.165) is 5.56 Å². The summed E-state index contributed by atoms with van der Waals surface area (Å²) < 4.78 is 0. The van der Waals surface area contributed by atoms with E-state index in [4.69, 9.17) is 16.7 Å². The summed E-state index contributed by atoms with van der Waals surface area (Å²) in [4.78, 5) is 25.6. The Balaban J connectivity index is 2.41. The monoisotopic (exact) mass is 288 g/mol. The third-order valence-corrected chi connectivity index (χ3v) is 3.35. The van der Waals surface area contributed by atoms with Gasteiger partial charge in [0.15, 0.2) is 0 Å². The van der Waals surface area contributed by atoms with E-state index in [1.807, 2.05) is 6.07 Å². The lowest BCUT2D eigenvalue weighted by atomic mass is 10.3. The number of carbonyl (C=O) groups is 2. The van der Waals surface area contributed by atoms with Gasteiger partial charge in [0.25, 0.3) is 0 Å². The maximum absolute atomic E-state index is 10.9. The Kier molecular flexibility index (Phi) is 5.94. The molecule has 1 aromatic heterocycles. The van der Waals surface area contributed by atoms with Gasteiger partial charge in [-0.25, -0.2) is 9.78 Å². The fourth-order valence-corrected chi connectivity index (χ4v) is 2.30. The van der Waals surface area contributed by atoms with E-state index >= 15 is 0 Å². The minimum absolute atomic E-state index is 0.303. The van der Waals surface area contributed by atoms with Gasteiger partial charge in [-0.15, -0.1) is 0 Å². The van der Waals surface area contributed by atoms with E-state index in [-0.39, 0.29) is 5.91 Å². The molecule has 7 heteroatoms. The Morgan fingerprint density at radius 2 is 2.28 bits per heavy atom. The van der Waals surface area contributed by atoms with Gasteiger partial charge in [0.2, 0.25) is 5.91 Å². The largest absolute Gasteiger partial charge is 0.480 e. The lowest BCUT2D eigenvalue weighted by molar-refractivity contribution is -0.140. The molecule has 0 aromatic carbocycles. The van der Waals surface area contributed by atoms with Crippen LogP contribution in [0.3, 0.4) is 0 Å². The van der Waals surface area contributed by atoms with Crippen LogP contribution in [0.15, 0.2) is 18.3 Å². The standard InChI is InChI=1S/C11H13ClN2O3S/c1-7(15)14-9(11(16)17)6-18-5-8-2-3-10(12)13-4-8/h2-4,9H,5-6H2,1H3,(H,14,15)(H,16,17)/t9-/m0/s1. The molecule has 1 heterocycles. The van der Waals surface area contributed by atoms with E-state index in [2.05, 4.69) is 10.3 Å². The van der Waals surface area contributed by atoms with Gasteiger partial charge in [0.05, 0.1) is 0 Å². The molecule has 0 unspecified atom stereocenters. The second-order valence-corrected chi connectivity index (χ2v) is 5.01. The Morgan fingerprint density at radius 1 is 1.56 bits per heavy atom. The molecule has 0 radical (unpaired) electrons. The summed E-state index contributed by atoms with van der Waals surface area (Å²) >= 11 is 7.06. The average molecular weight is 289 g/mol. The van der Waals surface area contributed by atoms with Crippen molar-refractivity contribution in [3.63, 3.8) is 0 Å². The fraction of sp³-hybridized carbons (Fsp3) is 0.364. The highest BCUT2D eigenvalue weighted by atomic mass is 35.5. The first-order valence-corrected chi connectivity index (χ1v) is 6.70. The highest BCUT2D eigenvalue weighted by molar-refractivity contribution is 7.98. The normalized spacial score (nSPS) is 11.9. The van der Waals surface area contributed by atoms with E-state index in [9.17, 15) is 9.59 Å². The smallest absolute Gasteiger partial charge is 0.327 e. The van der Waals surface area contributed by atoms with Gasteiger partial charge < -0.3 is 10.4 Å². The van der Waals surface area contributed by atoms with Crippen molar-refractivity contribution in [1.29, 1.82) is 0 Å². The summed E-state index contributed by atoms with van der Waals surface area (Å²) in [5, 5.41) is 11.7. The van der Waals surface area contributed by atoms with E-state index in [1.54, 1.807) is 12.3 Å². The van der Waals surface area contributed by atoms with Crippen LogP contribution in [-0.2, 0) is 15.3 Å². The molecule has 1 rings (SSSR count). The van der Waals surface area contributed by atoms with Crippen LogP contribution >= 0.6 is 23.4 Å². The van der Waals surface area contributed by atoms with E-state index in [0.29, 0.717) is 16.7 Å². The number of nitrogens with zero attached hydrogens (tertiary/aromatic N) is 1. The molecule has 0 aliphatic carbocycles. The maximum Gasteiger partial charge on any atom is 0.327 e. The summed E-state index contributed by atoms with van der Waals surface area (Å²) in [6.07, 6.45) is 1.64. The first kappa shape index (κ1) is 14.8. The number of rotatable bonds is 6. The second kappa shape index (κ2) is 7.23. The average Bonchev–Trinajstić information content (AvgIpc) is 2.29. The number of thioether (sulfide) groups is 1. The van der Waals surface area contributed by atoms with Gasteiger partial charge in [0, 0.05) is 24.6 Å². The zero-order chi connectivity index (χ0) is 13.5. The molecule has 2 N–H and O–H groups in total. The second-order valence-electron chi connectivity index (χ2n) is 3.60. The summed E-state index contributed by atoms with van der Waals surface area (Å²) in [5.41, 5.74) is 0.955. The Bertz CT molecular complexity index is 425. The lowest BCUT2D eigenvalue weighted by Crippen LogP contribution is -2.41. The van der Waals surface area contributed by atoms with Gasteiger partial charge in [-0.2, -0.15) is 11.8 Å². The molecule has 5 nitrogen and oxygen atoms in total. The van der Waals surface area contributed by atoms with Crippen LogP contribution in [0.4, 0.5) is 0 Å². The van der Waals surface area contributed by atoms with Gasteiger partial charge in [0.1, 0.15) is 11.2 Å². The van der Waals surface area contributed by atoms with Crippen LogP contribution in [0, 0.1) is 0 Å². The zero-order valence-corrected chi connectivity index (χ0v) is 11.3.